The van der Waals surface area contributed by atoms with E-state index in [9.17, 15) is 0 Å². The van der Waals surface area contributed by atoms with E-state index in [-0.39, 0.29) is 0 Å². The number of hydrogen-bond acceptors (Lipinski definition) is 4. The number of nitrogens with zero attached hydrogens (tertiary/aromatic N) is 1. The molecule has 96 valence electrons. The van der Waals surface area contributed by atoms with E-state index in [1.165, 1.54) is 12.8 Å². The highest BCUT2D eigenvalue weighted by molar-refractivity contribution is 4.67. The summed E-state index contributed by atoms with van der Waals surface area (Å²) in [5.41, 5.74) is 0. The molecule has 0 aromatic carbocycles. The van der Waals surface area contributed by atoms with Crippen LogP contribution in [0.15, 0.2) is 0 Å². The Morgan fingerprint density at radius 3 is 3.00 bits per heavy atom. The van der Waals surface area contributed by atoms with Gasteiger partial charge in [0.1, 0.15) is 0 Å². The first-order chi connectivity index (χ1) is 7.83. The Morgan fingerprint density at radius 1 is 1.44 bits per heavy atom. The number of rotatable bonds is 8. The standard InChI is InChI=1S/C12H26N2O2/c1-14(7-5-13-6-9-15-2)10-12-4-3-8-16-11-12/h12-13H,3-11H2,1-2H3. The highest BCUT2D eigenvalue weighted by atomic mass is 16.5. The van der Waals surface area contributed by atoms with Crippen molar-refractivity contribution in [1.29, 1.82) is 0 Å². The summed E-state index contributed by atoms with van der Waals surface area (Å²) in [7, 11) is 3.92. The van der Waals surface area contributed by atoms with Gasteiger partial charge in [-0.15, -0.1) is 0 Å². The average Bonchev–Trinajstić information content (AvgIpc) is 2.30. The zero-order valence-electron chi connectivity index (χ0n) is 10.7. The third-order valence-corrected chi connectivity index (χ3v) is 2.98. The molecule has 0 bridgehead atoms. The van der Waals surface area contributed by atoms with Gasteiger partial charge in [-0.05, 0) is 25.8 Å². The molecule has 1 N–H and O–H groups in total. The van der Waals surface area contributed by atoms with Gasteiger partial charge in [-0.2, -0.15) is 0 Å². The van der Waals surface area contributed by atoms with Crippen molar-refractivity contribution < 1.29 is 9.47 Å². The lowest BCUT2D eigenvalue weighted by Crippen LogP contribution is -2.36. The molecule has 4 nitrogen and oxygen atoms in total. The molecule has 4 heteroatoms. The maximum atomic E-state index is 5.48. The second-order valence-corrected chi connectivity index (χ2v) is 4.59. The summed E-state index contributed by atoms with van der Waals surface area (Å²) in [5, 5.41) is 3.36. The van der Waals surface area contributed by atoms with E-state index in [2.05, 4.69) is 17.3 Å². The Hall–Kier alpha value is -0.160. The van der Waals surface area contributed by atoms with E-state index in [1.54, 1.807) is 7.11 Å². The summed E-state index contributed by atoms with van der Waals surface area (Å²) >= 11 is 0. The molecule has 1 aliphatic heterocycles. The first-order valence-corrected chi connectivity index (χ1v) is 6.29. The van der Waals surface area contributed by atoms with Crippen LogP contribution in [0, 0.1) is 5.92 Å². The Morgan fingerprint density at radius 2 is 2.31 bits per heavy atom. The minimum absolute atomic E-state index is 0.734. The van der Waals surface area contributed by atoms with Crippen LogP contribution in [0.2, 0.25) is 0 Å². The van der Waals surface area contributed by atoms with Crippen LogP contribution in [0.3, 0.4) is 0 Å². The molecular weight excluding hydrogens is 204 g/mol. The Labute approximate surface area is 99.3 Å². The molecule has 16 heavy (non-hydrogen) atoms. The molecule has 0 aliphatic carbocycles. The molecule has 1 saturated heterocycles. The van der Waals surface area contributed by atoms with Crippen molar-refractivity contribution in [3.05, 3.63) is 0 Å². The highest BCUT2D eigenvalue weighted by Crippen LogP contribution is 2.13. The van der Waals surface area contributed by atoms with E-state index >= 15 is 0 Å². The molecular formula is C12H26N2O2. The minimum Gasteiger partial charge on any atom is -0.383 e. The van der Waals surface area contributed by atoms with Crippen molar-refractivity contribution in [1.82, 2.24) is 10.2 Å². The summed E-state index contributed by atoms with van der Waals surface area (Å²) in [4.78, 5) is 2.39. The third-order valence-electron chi connectivity index (χ3n) is 2.98. The van der Waals surface area contributed by atoms with Crippen LogP contribution in [-0.4, -0.2) is 65.1 Å². The lowest BCUT2D eigenvalue weighted by atomic mass is 10.0. The van der Waals surface area contributed by atoms with Crippen LogP contribution in [0.25, 0.3) is 0 Å². The molecule has 1 rings (SSSR count). The first kappa shape index (κ1) is 13.9. The Bertz CT molecular complexity index is 161. The molecule has 0 aromatic heterocycles. The van der Waals surface area contributed by atoms with Gasteiger partial charge in [0.2, 0.25) is 0 Å². The number of ether oxygens (including phenoxy) is 2. The topological polar surface area (TPSA) is 33.7 Å². The van der Waals surface area contributed by atoms with Gasteiger partial charge in [0.05, 0.1) is 13.2 Å². The predicted octanol–water partition coefficient (Wildman–Crippen LogP) is 0.581. The van der Waals surface area contributed by atoms with Crippen LogP contribution in [0.4, 0.5) is 0 Å². The van der Waals surface area contributed by atoms with E-state index in [1.807, 2.05) is 0 Å². The van der Waals surface area contributed by atoms with Gasteiger partial charge in [0.15, 0.2) is 0 Å². The van der Waals surface area contributed by atoms with Crippen molar-refractivity contribution in [2.75, 3.05) is 60.2 Å². The SMILES string of the molecule is COCCNCCN(C)CC1CCCOC1. The fraction of sp³-hybridized carbons (Fsp3) is 1.00. The molecule has 1 fully saturated rings. The summed E-state index contributed by atoms with van der Waals surface area (Å²) in [6, 6.07) is 0. The van der Waals surface area contributed by atoms with E-state index < -0.39 is 0 Å². The molecule has 1 aliphatic rings. The normalized spacial score (nSPS) is 21.6. The van der Waals surface area contributed by atoms with E-state index in [0.717, 1.165) is 51.9 Å². The summed E-state index contributed by atoms with van der Waals surface area (Å²) in [5.74, 6) is 0.734. The lowest BCUT2D eigenvalue weighted by molar-refractivity contribution is 0.0421. The molecule has 0 radical (unpaired) electrons. The van der Waals surface area contributed by atoms with Gasteiger partial charge in [-0.25, -0.2) is 0 Å². The fourth-order valence-corrected chi connectivity index (χ4v) is 2.05. The average molecular weight is 230 g/mol. The number of nitrogens with one attached hydrogen (secondary N) is 1. The highest BCUT2D eigenvalue weighted by Gasteiger charge is 2.15. The Kier molecular flexibility index (Phi) is 7.76. The fourth-order valence-electron chi connectivity index (χ4n) is 2.05. The van der Waals surface area contributed by atoms with Crippen molar-refractivity contribution >= 4 is 0 Å². The van der Waals surface area contributed by atoms with Gasteiger partial charge in [-0.1, -0.05) is 0 Å². The van der Waals surface area contributed by atoms with Crippen molar-refractivity contribution in [2.24, 2.45) is 5.92 Å². The van der Waals surface area contributed by atoms with E-state index in [0.29, 0.717) is 0 Å². The lowest BCUT2D eigenvalue weighted by Gasteiger charge is -2.27. The van der Waals surface area contributed by atoms with Crippen molar-refractivity contribution in [2.45, 2.75) is 12.8 Å². The predicted molar refractivity (Wildman–Crippen MR) is 65.8 cm³/mol. The molecule has 0 spiro atoms. The van der Waals surface area contributed by atoms with Crippen molar-refractivity contribution in [3.63, 3.8) is 0 Å². The Balaban J connectivity index is 1.95. The second-order valence-electron chi connectivity index (χ2n) is 4.59. The van der Waals surface area contributed by atoms with Gasteiger partial charge in [0.25, 0.3) is 0 Å². The summed E-state index contributed by atoms with van der Waals surface area (Å²) in [6.07, 6.45) is 2.55. The monoisotopic (exact) mass is 230 g/mol. The zero-order valence-corrected chi connectivity index (χ0v) is 10.7. The molecule has 1 unspecified atom stereocenters. The van der Waals surface area contributed by atoms with Gasteiger partial charge >= 0.3 is 0 Å². The summed E-state index contributed by atoms with van der Waals surface area (Å²) < 4.78 is 10.5. The van der Waals surface area contributed by atoms with E-state index in [4.69, 9.17) is 9.47 Å². The zero-order chi connectivity index (χ0) is 11.6. The van der Waals surface area contributed by atoms with Gasteiger partial charge < -0.3 is 19.7 Å². The molecule has 0 saturated carbocycles. The van der Waals surface area contributed by atoms with Gasteiger partial charge in [-0.3, -0.25) is 0 Å². The van der Waals surface area contributed by atoms with Crippen LogP contribution in [-0.2, 0) is 9.47 Å². The maximum absolute atomic E-state index is 5.48. The van der Waals surface area contributed by atoms with Crippen molar-refractivity contribution in [3.8, 4) is 0 Å². The van der Waals surface area contributed by atoms with Crippen LogP contribution < -0.4 is 5.32 Å². The largest absolute Gasteiger partial charge is 0.383 e. The first-order valence-electron chi connectivity index (χ1n) is 6.29. The van der Waals surface area contributed by atoms with Gasteiger partial charge in [0, 0.05) is 39.9 Å². The minimum atomic E-state index is 0.734. The maximum Gasteiger partial charge on any atom is 0.0587 e. The number of methoxy groups -OCH3 is 1. The molecule has 0 aromatic rings. The van der Waals surface area contributed by atoms with Crippen LogP contribution >= 0.6 is 0 Å². The second kappa shape index (κ2) is 8.93. The number of hydrogen-bond donors (Lipinski definition) is 1. The van der Waals surface area contributed by atoms with Crippen LogP contribution in [0.1, 0.15) is 12.8 Å². The molecule has 1 atom stereocenters. The smallest absolute Gasteiger partial charge is 0.0587 e. The quantitative estimate of drug-likeness (QED) is 0.619. The third kappa shape index (κ3) is 6.43. The van der Waals surface area contributed by atoms with Crippen LogP contribution in [0.5, 0.6) is 0 Å². The molecule has 0 amide bonds. The summed E-state index contributed by atoms with van der Waals surface area (Å²) in [6.45, 7) is 6.93. The number of likely N-dealkylation sites (N-methyl/N-ethyl adjacent to an activating group) is 1. The molecule has 1 heterocycles.